The Hall–Kier alpha value is -6.39. The van der Waals surface area contributed by atoms with E-state index in [1.807, 2.05) is 0 Å². The van der Waals surface area contributed by atoms with Gasteiger partial charge < -0.3 is 14.8 Å². The van der Waals surface area contributed by atoms with Crippen molar-refractivity contribution in [3.63, 3.8) is 0 Å². The highest BCUT2D eigenvalue weighted by molar-refractivity contribution is 6.19. The maximum absolute atomic E-state index is 5.58. The zero-order chi connectivity index (χ0) is 35.1. The number of anilines is 1. The summed E-state index contributed by atoms with van der Waals surface area (Å²) < 4.78 is 2.47. The fraction of sp³-hybridized carbons (Fsp3) is 0.122. The van der Waals surface area contributed by atoms with Crippen LogP contribution in [0.3, 0.4) is 0 Å². The highest BCUT2D eigenvalue weighted by atomic mass is 15.3. The van der Waals surface area contributed by atoms with Crippen molar-refractivity contribution in [3.05, 3.63) is 199 Å². The molecule has 5 aliphatic rings. The number of allylic oxidation sites excluding steroid dienone is 8. The molecule has 4 heteroatoms. The molecule has 0 saturated heterocycles. The van der Waals surface area contributed by atoms with Crippen molar-refractivity contribution in [2.24, 2.45) is 4.99 Å². The van der Waals surface area contributed by atoms with Crippen LogP contribution in [0.25, 0.3) is 44.0 Å². The molecule has 4 nitrogen and oxygen atoms in total. The maximum atomic E-state index is 5.58. The van der Waals surface area contributed by atoms with Crippen LogP contribution in [0.2, 0.25) is 0 Å². The van der Waals surface area contributed by atoms with Crippen LogP contribution in [-0.2, 0) is 5.41 Å². The van der Waals surface area contributed by atoms with Gasteiger partial charge in [-0.2, -0.15) is 0 Å². The van der Waals surface area contributed by atoms with E-state index < -0.39 is 0 Å². The number of rotatable bonds is 4. The van der Waals surface area contributed by atoms with Crippen molar-refractivity contribution in [1.82, 2.24) is 9.88 Å². The first-order valence-corrected chi connectivity index (χ1v) is 18.7. The zero-order valence-corrected chi connectivity index (χ0v) is 29.5. The molecule has 0 saturated carbocycles. The predicted octanol–water partition coefficient (Wildman–Crippen LogP) is 11.0. The van der Waals surface area contributed by atoms with Crippen LogP contribution in [0.4, 0.5) is 5.69 Å². The molecule has 254 valence electrons. The van der Waals surface area contributed by atoms with Gasteiger partial charge in [0.25, 0.3) is 0 Å². The summed E-state index contributed by atoms with van der Waals surface area (Å²) in [5.74, 6) is 1.31. The Balaban J connectivity index is 1.20. The Bertz CT molecular complexity index is 2770. The van der Waals surface area contributed by atoms with Crippen molar-refractivity contribution < 1.29 is 0 Å². The minimum absolute atomic E-state index is 0.00606. The van der Waals surface area contributed by atoms with Gasteiger partial charge in [0, 0.05) is 44.4 Å². The Labute approximate surface area is 309 Å². The lowest BCUT2D eigenvalue weighted by Crippen LogP contribution is -2.45. The van der Waals surface area contributed by atoms with Gasteiger partial charge in [0.2, 0.25) is 0 Å². The molecule has 53 heavy (non-hydrogen) atoms. The fourth-order valence-electron chi connectivity index (χ4n) is 9.31. The first-order valence-electron chi connectivity index (χ1n) is 18.7. The molecule has 3 aliphatic carbocycles. The summed E-state index contributed by atoms with van der Waals surface area (Å²) in [7, 11) is 0. The predicted molar refractivity (Wildman–Crippen MR) is 222 cm³/mol. The second kappa shape index (κ2) is 11.6. The van der Waals surface area contributed by atoms with Gasteiger partial charge in [-0.1, -0.05) is 140 Å². The minimum atomic E-state index is -0.269. The van der Waals surface area contributed by atoms with Gasteiger partial charge in [-0.25, -0.2) is 4.99 Å². The number of fused-ring (bicyclic) bond motifs is 9. The van der Waals surface area contributed by atoms with E-state index in [4.69, 9.17) is 4.99 Å². The smallest absolute Gasteiger partial charge is 0.158 e. The van der Waals surface area contributed by atoms with Crippen molar-refractivity contribution in [2.45, 2.75) is 36.8 Å². The lowest BCUT2D eigenvalue weighted by molar-refractivity contribution is 0.540. The summed E-state index contributed by atoms with van der Waals surface area (Å²) in [6, 6.07) is 38.2. The van der Waals surface area contributed by atoms with Crippen LogP contribution in [0.1, 0.15) is 36.0 Å². The van der Waals surface area contributed by atoms with Gasteiger partial charge >= 0.3 is 0 Å². The third-order valence-electron chi connectivity index (χ3n) is 11.9. The molecular weight excluding hydrogens is 645 g/mol. The van der Waals surface area contributed by atoms with Gasteiger partial charge in [0.15, 0.2) is 5.82 Å². The van der Waals surface area contributed by atoms with E-state index in [1.165, 1.54) is 49.4 Å². The zero-order valence-electron chi connectivity index (χ0n) is 29.5. The van der Waals surface area contributed by atoms with Crippen LogP contribution < -0.4 is 10.2 Å². The van der Waals surface area contributed by atoms with E-state index in [0.29, 0.717) is 5.92 Å². The van der Waals surface area contributed by atoms with Gasteiger partial charge in [0.1, 0.15) is 0 Å². The molecule has 5 aromatic carbocycles. The largest absolute Gasteiger partial charge is 0.370 e. The molecule has 0 amide bonds. The summed E-state index contributed by atoms with van der Waals surface area (Å²) in [5.41, 5.74) is 10.4. The number of benzene rings is 5. The Morgan fingerprint density at radius 3 is 2.51 bits per heavy atom. The summed E-state index contributed by atoms with van der Waals surface area (Å²) >= 11 is 0. The Kier molecular flexibility index (Phi) is 6.60. The van der Waals surface area contributed by atoms with Crippen LogP contribution in [0.5, 0.6) is 0 Å². The minimum Gasteiger partial charge on any atom is -0.370 e. The summed E-state index contributed by atoms with van der Waals surface area (Å²) in [4.78, 5) is 8.10. The van der Waals surface area contributed by atoms with Gasteiger partial charge in [0.05, 0.1) is 34.5 Å². The SMILES string of the molecule is CC12C=CC=CC1N(C1=C(c3cccc(C4C=CC=CC4)c3)NC3C=CC=CC3=N1)c1cc3c(cc12)c1ccc2ccccc2c1n3-c1ccccc1. The summed E-state index contributed by atoms with van der Waals surface area (Å²) in [6.07, 6.45) is 27.7. The van der Waals surface area contributed by atoms with E-state index in [1.54, 1.807) is 0 Å². The topological polar surface area (TPSA) is 32.6 Å². The number of nitrogens with one attached hydrogen (secondary N) is 1. The molecule has 0 spiro atoms. The summed E-state index contributed by atoms with van der Waals surface area (Å²) in [5, 5.41) is 9.01. The van der Waals surface area contributed by atoms with Gasteiger partial charge in [-0.15, -0.1) is 0 Å². The number of hydrogen-bond acceptors (Lipinski definition) is 3. The van der Waals surface area contributed by atoms with E-state index in [0.717, 1.165) is 34.9 Å². The fourth-order valence-corrected chi connectivity index (χ4v) is 9.31. The summed E-state index contributed by atoms with van der Waals surface area (Å²) in [6.45, 7) is 2.40. The normalized spacial score (nSPS) is 23.8. The van der Waals surface area contributed by atoms with Crippen molar-refractivity contribution in [2.75, 3.05) is 4.90 Å². The van der Waals surface area contributed by atoms with E-state index in [2.05, 4.69) is 198 Å². The third-order valence-corrected chi connectivity index (χ3v) is 11.9. The maximum Gasteiger partial charge on any atom is 0.158 e. The average molecular weight is 683 g/mol. The van der Waals surface area contributed by atoms with Crippen LogP contribution in [0.15, 0.2) is 187 Å². The van der Waals surface area contributed by atoms with E-state index in [-0.39, 0.29) is 17.5 Å². The number of nitrogens with zero attached hydrogens (tertiary/aromatic N) is 3. The van der Waals surface area contributed by atoms with Crippen LogP contribution in [0, 0.1) is 0 Å². The molecule has 6 aromatic rings. The molecule has 0 fully saturated rings. The molecule has 0 radical (unpaired) electrons. The lowest BCUT2D eigenvalue weighted by atomic mass is 9.76. The lowest BCUT2D eigenvalue weighted by Gasteiger charge is -2.38. The second-order valence-corrected chi connectivity index (χ2v) is 15.0. The molecule has 0 bridgehead atoms. The highest BCUT2D eigenvalue weighted by Crippen LogP contribution is 2.53. The number of para-hydroxylation sites is 1. The third kappa shape index (κ3) is 4.51. The van der Waals surface area contributed by atoms with Crippen molar-refractivity contribution in [3.8, 4) is 5.69 Å². The van der Waals surface area contributed by atoms with Crippen LogP contribution >= 0.6 is 0 Å². The molecule has 1 aromatic heterocycles. The van der Waals surface area contributed by atoms with Gasteiger partial charge in [-0.3, -0.25) is 0 Å². The number of aliphatic imine (C=N–C) groups is 1. The highest BCUT2D eigenvalue weighted by Gasteiger charge is 2.49. The standard InChI is InChI=1S/C49H38N4/c1-49-28-13-12-25-45(49)53(48-46(50-41-23-10-11-24-42(41)51-48)35-19-14-18-34(29-35)32-15-4-2-5-16-32)44-31-43-39(30-40(44)49)38-27-26-33-17-8-9-22-37(33)47(38)52(43)36-20-6-3-7-21-36/h2-15,17-32,41,45,50H,16H2,1H3. The molecule has 2 aliphatic heterocycles. The Morgan fingerprint density at radius 1 is 0.736 bits per heavy atom. The van der Waals surface area contributed by atoms with Crippen molar-refractivity contribution >= 4 is 49.7 Å². The molecule has 1 N–H and O–H groups in total. The number of hydrogen-bond donors (Lipinski definition) is 1. The van der Waals surface area contributed by atoms with Gasteiger partial charge in [-0.05, 0) is 66.3 Å². The average Bonchev–Trinajstić information content (AvgIpc) is 3.69. The van der Waals surface area contributed by atoms with Crippen LogP contribution in [-0.4, -0.2) is 22.4 Å². The second-order valence-electron chi connectivity index (χ2n) is 15.0. The first kappa shape index (κ1) is 30.3. The monoisotopic (exact) mass is 682 g/mol. The number of aromatic nitrogens is 1. The van der Waals surface area contributed by atoms with Crippen molar-refractivity contribution in [1.29, 1.82) is 0 Å². The molecular formula is C49H38N4. The first-order chi connectivity index (χ1) is 26.2. The van der Waals surface area contributed by atoms with E-state index in [9.17, 15) is 0 Å². The quantitative estimate of drug-likeness (QED) is 0.201. The molecule has 4 unspecified atom stereocenters. The molecule has 11 rings (SSSR count). The molecule has 4 atom stereocenters. The Morgan fingerprint density at radius 2 is 1.60 bits per heavy atom. The molecule has 3 heterocycles. The van der Waals surface area contributed by atoms with E-state index >= 15 is 0 Å².